The first-order chi connectivity index (χ1) is 13.7. The number of carbonyl (C=O) groups is 1. The van der Waals surface area contributed by atoms with Crippen molar-refractivity contribution in [1.82, 2.24) is 15.0 Å². The van der Waals surface area contributed by atoms with Crippen LogP contribution in [0.2, 0.25) is 0 Å². The zero-order valence-electron chi connectivity index (χ0n) is 15.7. The second-order valence-electron chi connectivity index (χ2n) is 6.62. The van der Waals surface area contributed by atoms with Crippen molar-refractivity contribution < 1.29 is 14.2 Å². The first-order valence-electron chi connectivity index (χ1n) is 9.01. The number of rotatable bonds is 4. The molecule has 7 nitrogen and oxygen atoms in total. The molecule has 4 rings (SSSR count). The minimum atomic E-state index is -0.351. The lowest BCUT2D eigenvalue weighted by molar-refractivity contribution is 0.0713. The number of likely N-dealkylation sites (tertiary alicyclic amines) is 1. The summed E-state index contributed by atoms with van der Waals surface area (Å²) in [5.41, 5.74) is 3.53. The van der Waals surface area contributed by atoms with Crippen LogP contribution in [-0.4, -0.2) is 40.3 Å². The standard InChI is InChI=1S/C21H20N4O3/c1-14-22-20(28-23-14)19-12-18(24-27-2)13-25(19)21(26)17-10-8-16(9-11-17)15-6-4-3-5-7-15/h3-11,19H,12-13H2,1-2H3. The van der Waals surface area contributed by atoms with E-state index >= 15 is 0 Å². The highest BCUT2D eigenvalue weighted by Gasteiger charge is 2.38. The number of aryl methyl sites for hydroxylation is 1. The lowest BCUT2D eigenvalue weighted by Crippen LogP contribution is -2.31. The fraction of sp³-hybridized carbons (Fsp3) is 0.238. The Hall–Kier alpha value is -3.48. The van der Waals surface area contributed by atoms with E-state index in [0.29, 0.717) is 30.2 Å². The van der Waals surface area contributed by atoms with E-state index in [4.69, 9.17) is 9.36 Å². The second kappa shape index (κ2) is 7.64. The van der Waals surface area contributed by atoms with Gasteiger partial charge in [0, 0.05) is 12.0 Å². The zero-order chi connectivity index (χ0) is 19.5. The normalized spacial score (nSPS) is 17.9. The molecule has 2 heterocycles. The van der Waals surface area contributed by atoms with E-state index in [1.165, 1.54) is 7.11 Å². The monoisotopic (exact) mass is 376 g/mol. The van der Waals surface area contributed by atoms with Crippen LogP contribution in [0.25, 0.3) is 11.1 Å². The van der Waals surface area contributed by atoms with Crippen molar-refractivity contribution in [3.05, 3.63) is 71.9 Å². The summed E-state index contributed by atoms with van der Waals surface area (Å²) in [7, 11) is 1.49. The van der Waals surface area contributed by atoms with Gasteiger partial charge in [-0.15, -0.1) is 0 Å². The first kappa shape index (κ1) is 17.9. The van der Waals surface area contributed by atoms with Gasteiger partial charge in [0.15, 0.2) is 5.82 Å². The highest BCUT2D eigenvalue weighted by Crippen LogP contribution is 2.31. The molecule has 0 radical (unpaired) electrons. The van der Waals surface area contributed by atoms with Crippen LogP contribution in [-0.2, 0) is 4.84 Å². The van der Waals surface area contributed by atoms with E-state index in [-0.39, 0.29) is 11.9 Å². The Morgan fingerprint density at radius 3 is 2.50 bits per heavy atom. The van der Waals surface area contributed by atoms with Gasteiger partial charge in [-0.2, -0.15) is 4.98 Å². The molecule has 7 heteroatoms. The Morgan fingerprint density at radius 2 is 1.86 bits per heavy atom. The average molecular weight is 376 g/mol. The number of benzene rings is 2. The molecule has 1 aliphatic heterocycles. The maximum Gasteiger partial charge on any atom is 0.254 e. The van der Waals surface area contributed by atoms with Gasteiger partial charge < -0.3 is 14.3 Å². The summed E-state index contributed by atoms with van der Waals surface area (Å²) in [6.45, 7) is 2.11. The molecule has 0 aliphatic carbocycles. The molecular formula is C21H20N4O3. The van der Waals surface area contributed by atoms with Gasteiger partial charge >= 0.3 is 0 Å². The zero-order valence-corrected chi connectivity index (χ0v) is 15.7. The number of hydrogen-bond acceptors (Lipinski definition) is 6. The van der Waals surface area contributed by atoms with Crippen molar-refractivity contribution in [2.45, 2.75) is 19.4 Å². The maximum absolute atomic E-state index is 13.2. The molecule has 0 saturated carbocycles. The summed E-state index contributed by atoms with van der Waals surface area (Å²) in [5, 5.41) is 7.87. The highest BCUT2D eigenvalue weighted by atomic mass is 16.6. The van der Waals surface area contributed by atoms with Gasteiger partial charge in [0.1, 0.15) is 13.2 Å². The molecule has 1 atom stereocenters. The molecule has 1 fully saturated rings. The minimum absolute atomic E-state index is 0.109. The van der Waals surface area contributed by atoms with Crippen LogP contribution in [0.3, 0.4) is 0 Å². The van der Waals surface area contributed by atoms with E-state index in [0.717, 1.165) is 16.8 Å². The maximum atomic E-state index is 13.2. The van der Waals surface area contributed by atoms with E-state index in [2.05, 4.69) is 15.3 Å². The third-order valence-electron chi connectivity index (χ3n) is 4.71. The second-order valence-corrected chi connectivity index (χ2v) is 6.62. The van der Waals surface area contributed by atoms with Crippen LogP contribution in [0, 0.1) is 6.92 Å². The molecule has 1 aliphatic rings. The van der Waals surface area contributed by atoms with Crippen molar-refractivity contribution in [1.29, 1.82) is 0 Å². The molecule has 28 heavy (non-hydrogen) atoms. The van der Waals surface area contributed by atoms with Crippen LogP contribution in [0.15, 0.2) is 64.3 Å². The lowest BCUT2D eigenvalue weighted by Gasteiger charge is -2.21. The van der Waals surface area contributed by atoms with Gasteiger partial charge in [-0.3, -0.25) is 4.79 Å². The molecule has 2 aromatic carbocycles. The molecule has 0 spiro atoms. The summed E-state index contributed by atoms with van der Waals surface area (Å²) in [4.78, 5) is 24.1. The van der Waals surface area contributed by atoms with Crippen molar-refractivity contribution in [3.8, 4) is 11.1 Å². The summed E-state index contributed by atoms with van der Waals surface area (Å²) in [6, 6.07) is 17.3. The van der Waals surface area contributed by atoms with Crippen LogP contribution >= 0.6 is 0 Å². The Balaban J connectivity index is 1.60. The van der Waals surface area contributed by atoms with Gasteiger partial charge in [0.2, 0.25) is 5.89 Å². The predicted octanol–water partition coefficient (Wildman–Crippen LogP) is 3.63. The summed E-state index contributed by atoms with van der Waals surface area (Å²) in [6.07, 6.45) is 0.503. The SMILES string of the molecule is CON=C1CC(c2nc(C)no2)N(C(=O)c2ccc(-c3ccccc3)cc2)C1. The van der Waals surface area contributed by atoms with Crippen molar-refractivity contribution >= 4 is 11.6 Å². The van der Waals surface area contributed by atoms with Gasteiger partial charge in [-0.05, 0) is 30.2 Å². The summed E-state index contributed by atoms with van der Waals surface area (Å²) < 4.78 is 5.32. The predicted molar refractivity (Wildman–Crippen MR) is 104 cm³/mol. The van der Waals surface area contributed by atoms with Crippen LogP contribution < -0.4 is 0 Å². The molecule has 1 unspecified atom stereocenters. The van der Waals surface area contributed by atoms with Crippen molar-refractivity contribution in [3.63, 3.8) is 0 Å². The van der Waals surface area contributed by atoms with Crippen LogP contribution in [0.5, 0.6) is 0 Å². The van der Waals surface area contributed by atoms with Gasteiger partial charge in [0.05, 0.1) is 12.3 Å². The quantitative estimate of drug-likeness (QED) is 0.650. The van der Waals surface area contributed by atoms with Crippen LogP contribution in [0.4, 0.5) is 0 Å². The molecule has 0 N–H and O–H groups in total. The lowest BCUT2D eigenvalue weighted by atomic mass is 10.0. The van der Waals surface area contributed by atoms with E-state index in [9.17, 15) is 4.79 Å². The topological polar surface area (TPSA) is 80.8 Å². The number of oxime groups is 1. The molecule has 3 aromatic rings. The summed E-state index contributed by atoms with van der Waals surface area (Å²) >= 11 is 0. The number of aromatic nitrogens is 2. The summed E-state index contributed by atoms with van der Waals surface area (Å²) in [5.74, 6) is 0.835. The third-order valence-corrected chi connectivity index (χ3v) is 4.71. The van der Waals surface area contributed by atoms with E-state index < -0.39 is 0 Å². The highest BCUT2D eigenvalue weighted by molar-refractivity contribution is 6.00. The van der Waals surface area contributed by atoms with Gasteiger partial charge in [-0.1, -0.05) is 52.8 Å². The molecular weight excluding hydrogens is 356 g/mol. The molecule has 0 bridgehead atoms. The third kappa shape index (κ3) is 3.51. The fourth-order valence-electron chi connectivity index (χ4n) is 3.38. The Kier molecular flexibility index (Phi) is 4.89. The number of hydrogen-bond donors (Lipinski definition) is 0. The van der Waals surface area contributed by atoms with Crippen molar-refractivity contribution in [2.75, 3.05) is 13.7 Å². The number of nitrogens with zero attached hydrogens (tertiary/aromatic N) is 4. The first-order valence-corrected chi connectivity index (χ1v) is 9.01. The largest absolute Gasteiger partial charge is 0.399 e. The molecule has 1 aromatic heterocycles. The van der Waals surface area contributed by atoms with Crippen molar-refractivity contribution in [2.24, 2.45) is 5.16 Å². The van der Waals surface area contributed by atoms with E-state index in [1.54, 1.807) is 11.8 Å². The van der Waals surface area contributed by atoms with Gasteiger partial charge in [-0.25, -0.2) is 0 Å². The Labute approximate surface area is 162 Å². The Bertz CT molecular complexity index is 996. The number of amides is 1. The average Bonchev–Trinajstić information content (AvgIpc) is 3.35. The van der Waals surface area contributed by atoms with Crippen LogP contribution in [0.1, 0.15) is 34.5 Å². The van der Waals surface area contributed by atoms with E-state index in [1.807, 2.05) is 54.6 Å². The number of carbonyl (C=O) groups excluding carboxylic acids is 1. The minimum Gasteiger partial charge on any atom is -0.399 e. The fourth-order valence-corrected chi connectivity index (χ4v) is 3.38. The Morgan fingerprint density at radius 1 is 1.14 bits per heavy atom. The smallest absolute Gasteiger partial charge is 0.254 e. The molecule has 142 valence electrons. The molecule has 1 amide bonds. The van der Waals surface area contributed by atoms with Gasteiger partial charge in [0.25, 0.3) is 5.91 Å². The molecule has 1 saturated heterocycles.